The van der Waals surface area contributed by atoms with Crippen LogP contribution in [-0.4, -0.2) is 29.9 Å². The third kappa shape index (κ3) is 1.50. The Bertz CT molecular complexity index is 545. The molecule has 0 saturated carbocycles. The summed E-state index contributed by atoms with van der Waals surface area (Å²) in [6.45, 7) is 1.46. The minimum Gasteiger partial charge on any atom is -0.493 e. The molecule has 0 N–H and O–H groups in total. The van der Waals surface area contributed by atoms with Crippen LogP contribution in [0.25, 0.3) is 10.9 Å². The SMILES string of the molecule is COc1cc2cnn(C(C)=O)c2cc1OC. The van der Waals surface area contributed by atoms with Crippen molar-refractivity contribution >= 4 is 16.8 Å². The van der Waals surface area contributed by atoms with Crippen LogP contribution in [0.15, 0.2) is 18.3 Å². The maximum absolute atomic E-state index is 11.3. The number of hydrogen-bond acceptors (Lipinski definition) is 4. The van der Waals surface area contributed by atoms with E-state index in [0.29, 0.717) is 17.0 Å². The Hall–Kier alpha value is -2.04. The summed E-state index contributed by atoms with van der Waals surface area (Å²) in [4.78, 5) is 11.3. The smallest absolute Gasteiger partial charge is 0.244 e. The summed E-state index contributed by atoms with van der Waals surface area (Å²) in [5.74, 6) is 1.07. The lowest BCUT2D eigenvalue weighted by atomic mass is 10.2. The van der Waals surface area contributed by atoms with Gasteiger partial charge >= 0.3 is 0 Å². The molecule has 5 nitrogen and oxygen atoms in total. The highest BCUT2D eigenvalue weighted by atomic mass is 16.5. The number of aromatic nitrogens is 2. The molecule has 1 aromatic heterocycles. The lowest BCUT2D eigenvalue weighted by Crippen LogP contribution is -2.06. The van der Waals surface area contributed by atoms with Crippen molar-refractivity contribution in [2.45, 2.75) is 6.92 Å². The van der Waals surface area contributed by atoms with Gasteiger partial charge in [-0.1, -0.05) is 0 Å². The van der Waals surface area contributed by atoms with Gasteiger partial charge in [0.05, 0.1) is 25.9 Å². The molecule has 0 fully saturated rings. The summed E-state index contributed by atoms with van der Waals surface area (Å²) < 4.78 is 11.7. The van der Waals surface area contributed by atoms with E-state index >= 15 is 0 Å². The van der Waals surface area contributed by atoms with Crippen molar-refractivity contribution in [1.29, 1.82) is 0 Å². The Balaban J connectivity index is 2.71. The minimum atomic E-state index is -0.137. The van der Waals surface area contributed by atoms with Gasteiger partial charge in [0.1, 0.15) is 0 Å². The predicted molar refractivity (Wildman–Crippen MR) is 59.1 cm³/mol. The molecule has 0 spiro atoms. The molecular weight excluding hydrogens is 208 g/mol. The van der Waals surface area contributed by atoms with Gasteiger partial charge in [0, 0.05) is 18.4 Å². The van der Waals surface area contributed by atoms with Crippen LogP contribution in [0.2, 0.25) is 0 Å². The second-order valence-corrected chi connectivity index (χ2v) is 3.34. The standard InChI is InChI=1S/C11H12N2O3/c1-7(14)13-9-5-11(16-3)10(15-2)4-8(9)6-12-13/h4-6H,1-3H3. The van der Waals surface area contributed by atoms with Crippen molar-refractivity contribution in [2.24, 2.45) is 0 Å². The van der Waals surface area contributed by atoms with Gasteiger partial charge in [-0.05, 0) is 6.07 Å². The van der Waals surface area contributed by atoms with Crippen LogP contribution in [0.3, 0.4) is 0 Å². The quantitative estimate of drug-likeness (QED) is 0.773. The van der Waals surface area contributed by atoms with E-state index < -0.39 is 0 Å². The van der Waals surface area contributed by atoms with Crippen LogP contribution in [0, 0.1) is 0 Å². The normalized spacial score (nSPS) is 10.4. The fraction of sp³-hybridized carbons (Fsp3) is 0.273. The second-order valence-electron chi connectivity index (χ2n) is 3.34. The van der Waals surface area contributed by atoms with Gasteiger partial charge in [0.15, 0.2) is 11.5 Å². The molecular formula is C11H12N2O3. The number of carbonyl (C=O) groups excluding carboxylic acids is 1. The molecule has 2 aromatic rings. The summed E-state index contributed by atoms with van der Waals surface area (Å²) in [5.41, 5.74) is 0.713. The van der Waals surface area contributed by atoms with Gasteiger partial charge in [-0.25, -0.2) is 4.68 Å². The van der Waals surface area contributed by atoms with E-state index in [1.807, 2.05) is 0 Å². The number of benzene rings is 1. The largest absolute Gasteiger partial charge is 0.493 e. The van der Waals surface area contributed by atoms with E-state index in [4.69, 9.17) is 9.47 Å². The summed E-state index contributed by atoms with van der Waals surface area (Å²) in [5, 5.41) is 4.84. The van der Waals surface area contributed by atoms with Crippen molar-refractivity contribution in [3.63, 3.8) is 0 Å². The molecule has 16 heavy (non-hydrogen) atoms. The van der Waals surface area contributed by atoms with Crippen molar-refractivity contribution < 1.29 is 14.3 Å². The molecule has 2 rings (SSSR count). The van der Waals surface area contributed by atoms with Gasteiger partial charge in [-0.3, -0.25) is 4.79 Å². The number of nitrogens with zero attached hydrogens (tertiary/aromatic N) is 2. The van der Waals surface area contributed by atoms with Crippen LogP contribution in [0.5, 0.6) is 11.5 Å². The Kier molecular flexibility index (Phi) is 2.52. The lowest BCUT2D eigenvalue weighted by Gasteiger charge is -2.07. The molecule has 1 heterocycles. The lowest BCUT2D eigenvalue weighted by molar-refractivity contribution is 0.0927. The second kappa shape index (κ2) is 3.84. The minimum absolute atomic E-state index is 0.137. The van der Waals surface area contributed by atoms with E-state index in [1.54, 1.807) is 32.5 Å². The Morgan fingerprint density at radius 3 is 2.44 bits per heavy atom. The summed E-state index contributed by atoms with van der Waals surface area (Å²) in [6.07, 6.45) is 1.62. The Morgan fingerprint density at radius 2 is 1.88 bits per heavy atom. The van der Waals surface area contributed by atoms with Crippen LogP contribution in [0.4, 0.5) is 0 Å². The van der Waals surface area contributed by atoms with Crippen LogP contribution in [-0.2, 0) is 0 Å². The molecule has 0 bridgehead atoms. The highest BCUT2D eigenvalue weighted by Crippen LogP contribution is 2.31. The summed E-state index contributed by atoms with van der Waals surface area (Å²) >= 11 is 0. The molecule has 1 aromatic carbocycles. The third-order valence-electron chi connectivity index (χ3n) is 2.37. The molecule has 0 amide bonds. The maximum atomic E-state index is 11.3. The van der Waals surface area contributed by atoms with Crippen LogP contribution in [0.1, 0.15) is 11.7 Å². The molecule has 0 saturated heterocycles. The molecule has 0 aliphatic rings. The fourth-order valence-electron chi connectivity index (χ4n) is 1.60. The summed E-state index contributed by atoms with van der Waals surface area (Å²) in [7, 11) is 3.12. The van der Waals surface area contributed by atoms with Crippen molar-refractivity contribution in [3.8, 4) is 11.5 Å². The first-order valence-corrected chi connectivity index (χ1v) is 4.78. The zero-order chi connectivity index (χ0) is 11.7. The summed E-state index contributed by atoms with van der Waals surface area (Å²) in [6, 6.07) is 3.53. The molecule has 0 atom stereocenters. The fourth-order valence-corrected chi connectivity index (χ4v) is 1.60. The van der Waals surface area contributed by atoms with E-state index in [0.717, 1.165) is 5.39 Å². The number of carbonyl (C=O) groups is 1. The average Bonchev–Trinajstić information content (AvgIpc) is 2.69. The number of hydrogen-bond donors (Lipinski definition) is 0. The maximum Gasteiger partial charge on any atom is 0.244 e. The van der Waals surface area contributed by atoms with Gasteiger partial charge in [-0.15, -0.1) is 0 Å². The number of methoxy groups -OCH3 is 2. The van der Waals surface area contributed by atoms with Crippen molar-refractivity contribution in [3.05, 3.63) is 18.3 Å². The number of fused-ring (bicyclic) bond motifs is 1. The molecule has 0 radical (unpaired) electrons. The van der Waals surface area contributed by atoms with Crippen LogP contribution >= 0.6 is 0 Å². The van der Waals surface area contributed by atoms with Gasteiger partial charge < -0.3 is 9.47 Å². The first kappa shape index (κ1) is 10.5. The molecule has 84 valence electrons. The zero-order valence-corrected chi connectivity index (χ0v) is 9.35. The Labute approximate surface area is 92.6 Å². The average molecular weight is 220 g/mol. The van der Waals surface area contributed by atoms with Gasteiger partial charge in [-0.2, -0.15) is 5.10 Å². The van der Waals surface area contributed by atoms with E-state index in [2.05, 4.69) is 5.10 Å². The molecule has 0 unspecified atom stereocenters. The van der Waals surface area contributed by atoms with Crippen molar-refractivity contribution in [1.82, 2.24) is 9.78 Å². The highest BCUT2D eigenvalue weighted by Gasteiger charge is 2.11. The predicted octanol–water partition coefficient (Wildman–Crippen LogP) is 1.71. The number of ether oxygens (including phenoxy) is 2. The first-order chi connectivity index (χ1) is 7.67. The van der Waals surface area contributed by atoms with E-state index in [9.17, 15) is 4.79 Å². The van der Waals surface area contributed by atoms with Crippen LogP contribution < -0.4 is 9.47 Å². The first-order valence-electron chi connectivity index (χ1n) is 4.78. The molecule has 0 aliphatic carbocycles. The molecule has 0 aliphatic heterocycles. The number of rotatable bonds is 2. The topological polar surface area (TPSA) is 53.4 Å². The Morgan fingerprint density at radius 1 is 1.25 bits per heavy atom. The third-order valence-corrected chi connectivity index (χ3v) is 2.37. The zero-order valence-electron chi connectivity index (χ0n) is 9.35. The molecule has 5 heteroatoms. The van der Waals surface area contributed by atoms with Gasteiger partial charge in [0.2, 0.25) is 5.91 Å². The monoisotopic (exact) mass is 220 g/mol. The highest BCUT2D eigenvalue weighted by molar-refractivity contribution is 5.91. The van der Waals surface area contributed by atoms with Gasteiger partial charge in [0.25, 0.3) is 0 Å². The van der Waals surface area contributed by atoms with Crippen molar-refractivity contribution in [2.75, 3.05) is 14.2 Å². The van der Waals surface area contributed by atoms with E-state index in [1.165, 1.54) is 11.6 Å². The van der Waals surface area contributed by atoms with E-state index in [-0.39, 0.29) is 5.91 Å².